The highest BCUT2D eigenvalue weighted by Crippen LogP contribution is 2.23. The number of ether oxygens (including phenoxy) is 1. The first kappa shape index (κ1) is 13.8. The summed E-state index contributed by atoms with van der Waals surface area (Å²) in [7, 11) is 1.60. The number of nitriles is 1. The molecule has 0 unspecified atom stereocenters. The monoisotopic (exact) mass is 283 g/mol. The van der Waals surface area contributed by atoms with Crippen molar-refractivity contribution in [3.05, 3.63) is 54.1 Å². The minimum Gasteiger partial charge on any atom is -0.495 e. The number of nitrogens with zero attached hydrogens (tertiary/aromatic N) is 1. The largest absolute Gasteiger partial charge is 0.495 e. The predicted molar refractivity (Wildman–Crippen MR) is 84.0 cm³/mol. The van der Waals surface area contributed by atoms with Gasteiger partial charge in [-0.1, -0.05) is 18.2 Å². The van der Waals surface area contributed by atoms with Crippen molar-refractivity contribution in [3.8, 4) is 11.8 Å². The van der Waals surface area contributed by atoms with Crippen molar-refractivity contribution < 1.29 is 4.74 Å². The molecular weight excluding hydrogens is 270 g/mol. The van der Waals surface area contributed by atoms with Gasteiger partial charge in [0.2, 0.25) is 0 Å². The van der Waals surface area contributed by atoms with Crippen molar-refractivity contribution in [3.63, 3.8) is 0 Å². The van der Waals surface area contributed by atoms with Gasteiger partial charge in [-0.2, -0.15) is 5.26 Å². The Morgan fingerprint density at radius 1 is 1.15 bits per heavy atom. The highest BCUT2D eigenvalue weighted by Gasteiger charge is 2.04. The second-order valence-electron chi connectivity index (χ2n) is 3.97. The summed E-state index contributed by atoms with van der Waals surface area (Å²) >= 11 is 5.24. The van der Waals surface area contributed by atoms with E-state index in [1.54, 1.807) is 25.3 Å². The summed E-state index contributed by atoms with van der Waals surface area (Å²) in [5.74, 6) is 0.711. The molecule has 2 rings (SSSR count). The maximum Gasteiger partial charge on any atom is 0.175 e. The second-order valence-corrected chi connectivity index (χ2v) is 4.38. The molecule has 4 nitrogen and oxygen atoms in total. The third-order valence-electron chi connectivity index (χ3n) is 2.60. The van der Waals surface area contributed by atoms with Crippen LogP contribution in [0, 0.1) is 11.3 Å². The van der Waals surface area contributed by atoms with Gasteiger partial charge in [0.25, 0.3) is 0 Å². The smallest absolute Gasteiger partial charge is 0.175 e. The number of hydrogen-bond acceptors (Lipinski definition) is 3. The van der Waals surface area contributed by atoms with Gasteiger partial charge in [0.1, 0.15) is 5.75 Å². The van der Waals surface area contributed by atoms with Gasteiger partial charge < -0.3 is 15.4 Å². The van der Waals surface area contributed by atoms with Gasteiger partial charge in [0, 0.05) is 5.69 Å². The molecule has 0 aliphatic carbocycles. The highest BCUT2D eigenvalue weighted by molar-refractivity contribution is 7.80. The molecule has 0 atom stereocenters. The average Bonchev–Trinajstić information content (AvgIpc) is 2.48. The minimum absolute atomic E-state index is 0.435. The Balaban J connectivity index is 2.07. The molecule has 2 N–H and O–H groups in total. The molecule has 100 valence electrons. The van der Waals surface area contributed by atoms with Gasteiger partial charge in [-0.15, -0.1) is 0 Å². The van der Waals surface area contributed by atoms with Crippen LogP contribution in [0.25, 0.3) is 0 Å². The summed E-state index contributed by atoms with van der Waals surface area (Å²) in [6, 6.07) is 16.7. The summed E-state index contributed by atoms with van der Waals surface area (Å²) in [5.41, 5.74) is 2.12. The van der Waals surface area contributed by atoms with E-state index in [2.05, 4.69) is 16.7 Å². The van der Waals surface area contributed by atoms with Crippen molar-refractivity contribution in [2.45, 2.75) is 0 Å². The SMILES string of the molecule is COc1ccccc1NC(=S)Nc1cccc(C#N)c1. The molecule has 0 aliphatic heterocycles. The van der Waals surface area contributed by atoms with E-state index in [1.807, 2.05) is 30.3 Å². The topological polar surface area (TPSA) is 57.1 Å². The van der Waals surface area contributed by atoms with Crippen LogP contribution in [-0.2, 0) is 0 Å². The molecule has 0 spiro atoms. The lowest BCUT2D eigenvalue weighted by Gasteiger charge is -2.13. The maximum absolute atomic E-state index is 8.86. The Morgan fingerprint density at radius 2 is 1.95 bits per heavy atom. The molecular formula is C15H13N3OS. The van der Waals surface area contributed by atoms with E-state index >= 15 is 0 Å². The van der Waals surface area contributed by atoms with E-state index in [9.17, 15) is 0 Å². The number of hydrogen-bond donors (Lipinski definition) is 2. The first-order valence-corrected chi connectivity index (χ1v) is 6.35. The zero-order chi connectivity index (χ0) is 14.4. The molecule has 0 amide bonds. The predicted octanol–water partition coefficient (Wildman–Crippen LogP) is 3.38. The Labute approximate surface area is 123 Å². The lowest BCUT2D eigenvalue weighted by Crippen LogP contribution is -2.19. The fourth-order valence-corrected chi connectivity index (χ4v) is 1.93. The molecule has 0 heterocycles. The lowest BCUT2D eigenvalue weighted by atomic mass is 10.2. The van der Waals surface area contributed by atoms with Crippen molar-refractivity contribution in [2.24, 2.45) is 0 Å². The van der Waals surface area contributed by atoms with Gasteiger partial charge in [0.15, 0.2) is 5.11 Å². The Bertz CT molecular complexity index is 664. The van der Waals surface area contributed by atoms with Gasteiger partial charge in [-0.25, -0.2) is 0 Å². The van der Waals surface area contributed by atoms with Crippen LogP contribution in [0.1, 0.15) is 5.56 Å². The fraction of sp³-hybridized carbons (Fsp3) is 0.0667. The zero-order valence-electron chi connectivity index (χ0n) is 10.9. The number of para-hydroxylation sites is 2. The quantitative estimate of drug-likeness (QED) is 0.846. The molecule has 2 aromatic rings. The van der Waals surface area contributed by atoms with Gasteiger partial charge >= 0.3 is 0 Å². The van der Waals surface area contributed by atoms with E-state index in [0.717, 1.165) is 11.4 Å². The Hall–Kier alpha value is -2.58. The van der Waals surface area contributed by atoms with E-state index in [-0.39, 0.29) is 0 Å². The first-order chi connectivity index (χ1) is 9.72. The van der Waals surface area contributed by atoms with Crippen LogP contribution in [0.15, 0.2) is 48.5 Å². The summed E-state index contributed by atoms with van der Waals surface area (Å²) < 4.78 is 5.24. The van der Waals surface area contributed by atoms with Crippen LogP contribution < -0.4 is 15.4 Å². The van der Waals surface area contributed by atoms with Crippen molar-refractivity contribution >= 4 is 28.7 Å². The molecule has 0 bridgehead atoms. The van der Waals surface area contributed by atoms with Crippen molar-refractivity contribution in [1.29, 1.82) is 5.26 Å². The highest BCUT2D eigenvalue weighted by atomic mass is 32.1. The number of nitrogens with one attached hydrogen (secondary N) is 2. The number of benzene rings is 2. The fourth-order valence-electron chi connectivity index (χ4n) is 1.70. The normalized spacial score (nSPS) is 9.40. The van der Waals surface area contributed by atoms with E-state index in [1.165, 1.54) is 0 Å². The number of thiocarbonyl (C=S) groups is 1. The molecule has 0 fully saturated rings. The molecule has 0 saturated heterocycles. The average molecular weight is 283 g/mol. The zero-order valence-corrected chi connectivity index (χ0v) is 11.7. The van der Waals surface area contributed by atoms with E-state index in [4.69, 9.17) is 22.2 Å². The van der Waals surface area contributed by atoms with Crippen LogP contribution in [0.5, 0.6) is 5.75 Å². The van der Waals surface area contributed by atoms with Crippen molar-refractivity contribution in [2.75, 3.05) is 17.7 Å². The summed E-state index contributed by atoms with van der Waals surface area (Å²) in [6.07, 6.45) is 0. The van der Waals surface area contributed by atoms with E-state index < -0.39 is 0 Å². The lowest BCUT2D eigenvalue weighted by molar-refractivity contribution is 0.417. The minimum atomic E-state index is 0.435. The van der Waals surface area contributed by atoms with Crippen LogP contribution in [0.3, 0.4) is 0 Å². The molecule has 0 radical (unpaired) electrons. The standard InChI is InChI=1S/C15H13N3OS/c1-19-14-8-3-2-7-13(14)18-15(20)17-12-6-4-5-11(9-12)10-16/h2-9H,1H3,(H2,17,18,20). The van der Waals surface area contributed by atoms with Crippen LogP contribution in [-0.4, -0.2) is 12.2 Å². The third-order valence-corrected chi connectivity index (χ3v) is 2.81. The van der Waals surface area contributed by atoms with Crippen LogP contribution in [0.2, 0.25) is 0 Å². The molecule has 2 aromatic carbocycles. The van der Waals surface area contributed by atoms with Crippen LogP contribution in [0.4, 0.5) is 11.4 Å². The molecule has 0 saturated carbocycles. The molecule has 20 heavy (non-hydrogen) atoms. The van der Waals surface area contributed by atoms with E-state index in [0.29, 0.717) is 16.4 Å². The summed E-state index contributed by atoms with van der Waals surface area (Å²) in [4.78, 5) is 0. The van der Waals surface area contributed by atoms with Gasteiger partial charge in [-0.3, -0.25) is 0 Å². The Kier molecular flexibility index (Phi) is 4.53. The van der Waals surface area contributed by atoms with Gasteiger partial charge in [0.05, 0.1) is 24.4 Å². The second kappa shape index (κ2) is 6.55. The first-order valence-electron chi connectivity index (χ1n) is 5.94. The van der Waals surface area contributed by atoms with Crippen LogP contribution >= 0.6 is 12.2 Å². The maximum atomic E-state index is 8.86. The number of methoxy groups -OCH3 is 1. The van der Waals surface area contributed by atoms with Gasteiger partial charge in [-0.05, 0) is 42.5 Å². The third kappa shape index (κ3) is 3.46. The Morgan fingerprint density at radius 3 is 2.70 bits per heavy atom. The summed E-state index contributed by atoms with van der Waals surface area (Å²) in [5, 5.41) is 15.4. The number of anilines is 2. The molecule has 0 aliphatic rings. The molecule has 0 aromatic heterocycles. The molecule has 5 heteroatoms. The summed E-state index contributed by atoms with van der Waals surface area (Å²) in [6.45, 7) is 0. The van der Waals surface area contributed by atoms with Crippen molar-refractivity contribution in [1.82, 2.24) is 0 Å². The number of rotatable bonds is 3.